The van der Waals surface area contributed by atoms with E-state index in [2.05, 4.69) is 43.0 Å². The van der Waals surface area contributed by atoms with Crippen molar-refractivity contribution in [3.63, 3.8) is 0 Å². The molecule has 3 rings (SSSR count). The van der Waals surface area contributed by atoms with Crippen molar-refractivity contribution >= 4 is 5.69 Å². The molecule has 1 aliphatic carbocycles. The van der Waals surface area contributed by atoms with Gasteiger partial charge in [0.2, 0.25) is 0 Å². The van der Waals surface area contributed by atoms with Crippen molar-refractivity contribution in [2.45, 2.75) is 58.1 Å². The lowest BCUT2D eigenvalue weighted by atomic mass is 9.78. The van der Waals surface area contributed by atoms with Crippen LogP contribution in [0.25, 0.3) is 0 Å². The number of fused-ring (bicyclic) bond motifs is 1. The lowest BCUT2D eigenvalue weighted by Gasteiger charge is -2.37. The first-order valence-corrected chi connectivity index (χ1v) is 8.21. The van der Waals surface area contributed by atoms with E-state index in [-0.39, 0.29) is 6.10 Å². The van der Waals surface area contributed by atoms with Crippen molar-refractivity contribution in [3.8, 4) is 0 Å². The summed E-state index contributed by atoms with van der Waals surface area (Å²) in [5.74, 6) is 1.26. The van der Waals surface area contributed by atoms with Crippen LogP contribution in [0.5, 0.6) is 0 Å². The van der Waals surface area contributed by atoms with Gasteiger partial charge in [-0.1, -0.05) is 31.5 Å². The smallest absolute Gasteiger partial charge is 0.0585 e. The first-order chi connectivity index (χ1) is 9.69. The summed E-state index contributed by atoms with van der Waals surface area (Å²) in [6.45, 7) is 5.62. The summed E-state index contributed by atoms with van der Waals surface area (Å²) < 4.78 is 0. The minimum absolute atomic E-state index is 0.0993. The number of aliphatic hydroxyl groups excluding tert-OH is 1. The Labute approximate surface area is 122 Å². The second kappa shape index (κ2) is 5.77. The fourth-order valence-electron chi connectivity index (χ4n) is 4.07. The van der Waals surface area contributed by atoms with Crippen molar-refractivity contribution in [1.82, 2.24) is 0 Å². The second-order valence-electron chi connectivity index (χ2n) is 6.75. The molecule has 0 aromatic heterocycles. The van der Waals surface area contributed by atoms with Crippen LogP contribution in [0, 0.1) is 11.8 Å². The molecule has 1 aromatic carbocycles. The van der Waals surface area contributed by atoms with Gasteiger partial charge >= 0.3 is 0 Å². The van der Waals surface area contributed by atoms with Crippen LogP contribution >= 0.6 is 0 Å². The number of hydrogen-bond donors (Lipinski definition) is 1. The molecule has 4 unspecified atom stereocenters. The van der Waals surface area contributed by atoms with Gasteiger partial charge in [-0.3, -0.25) is 0 Å². The summed E-state index contributed by atoms with van der Waals surface area (Å²) in [5.41, 5.74) is 2.86. The lowest BCUT2D eigenvalue weighted by Crippen LogP contribution is -2.41. The third-order valence-electron chi connectivity index (χ3n) is 5.41. The molecule has 1 aliphatic heterocycles. The number of rotatable bonds is 3. The average molecular weight is 273 g/mol. The molecule has 1 heterocycles. The SMILES string of the molecule is CCC1CCC(O)C(CN2c3ccccc3CC2C)C1. The molecule has 1 N–H and O–H groups in total. The molecule has 0 radical (unpaired) electrons. The normalized spacial score (nSPS) is 33.2. The van der Waals surface area contributed by atoms with Crippen LogP contribution < -0.4 is 4.90 Å². The number of aliphatic hydroxyl groups is 1. The van der Waals surface area contributed by atoms with Crippen LogP contribution in [0.4, 0.5) is 5.69 Å². The zero-order valence-electron chi connectivity index (χ0n) is 12.8. The number of hydrogen-bond acceptors (Lipinski definition) is 2. The van der Waals surface area contributed by atoms with E-state index in [0.29, 0.717) is 12.0 Å². The van der Waals surface area contributed by atoms with Crippen LogP contribution in [0.3, 0.4) is 0 Å². The van der Waals surface area contributed by atoms with Gasteiger partial charge in [0.1, 0.15) is 0 Å². The van der Waals surface area contributed by atoms with Gasteiger partial charge in [-0.15, -0.1) is 0 Å². The Morgan fingerprint density at radius 1 is 1.25 bits per heavy atom. The maximum absolute atomic E-state index is 10.4. The highest BCUT2D eigenvalue weighted by Crippen LogP contribution is 2.37. The van der Waals surface area contributed by atoms with E-state index in [1.54, 1.807) is 0 Å². The maximum Gasteiger partial charge on any atom is 0.0585 e. The van der Waals surface area contributed by atoms with Gasteiger partial charge in [-0.05, 0) is 50.2 Å². The molecule has 2 heteroatoms. The molecule has 1 aromatic rings. The standard InChI is InChI=1S/C18H27NO/c1-3-14-8-9-18(20)16(11-14)12-19-13(2)10-15-6-4-5-7-17(15)19/h4-7,13-14,16,18,20H,3,8-12H2,1-2H3. The van der Waals surface area contributed by atoms with Gasteiger partial charge in [0.25, 0.3) is 0 Å². The predicted molar refractivity (Wildman–Crippen MR) is 84.1 cm³/mol. The molecule has 110 valence electrons. The fraction of sp³-hybridized carbons (Fsp3) is 0.667. The average Bonchev–Trinajstić information content (AvgIpc) is 2.77. The molecular formula is C18H27NO. The van der Waals surface area contributed by atoms with E-state index in [9.17, 15) is 5.11 Å². The highest BCUT2D eigenvalue weighted by atomic mass is 16.3. The molecule has 0 amide bonds. The van der Waals surface area contributed by atoms with Crippen LogP contribution in [0.1, 0.15) is 45.1 Å². The molecule has 0 spiro atoms. The van der Waals surface area contributed by atoms with Crippen LogP contribution in [-0.4, -0.2) is 23.8 Å². The van der Waals surface area contributed by atoms with Gasteiger partial charge in [0, 0.05) is 24.2 Å². The van der Waals surface area contributed by atoms with Crippen molar-refractivity contribution in [2.24, 2.45) is 11.8 Å². The monoisotopic (exact) mass is 273 g/mol. The maximum atomic E-state index is 10.4. The van der Waals surface area contributed by atoms with E-state index >= 15 is 0 Å². The van der Waals surface area contributed by atoms with E-state index in [1.165, 1.54) is 30.5 Å². The zero-order chi connectivity index (χ0) is 14.1. The van der Waals surface area contributed by atoms with E-state index in [0.717, 1.165) is 25.3 Å². The van der Waals surface area contributed by atoms with Gasteiger partial charge in [0.15, 0.2) is 0 Å². The summed E-state index contributed by atoms with van der Waals surface area (Å²) in [6.07, 6.45) is 5.71. The molecule has 1 saturated carbocycles. The minimum Gasteiger partial charge on any atom is -0.393 e. The highest BCUT2D eigenvalue weighted by molar-refractivity contribution is 5.59. The third kappa shape index (κ3) is 2.58. The molecule has 0 saturated heterocycles. The van der Waals surface area contributed by atoms with E-state index < -0.39 is 0 Å². The van der Waals surface area contributed by atoms with Crippen molar-refractivity contribution in [2.75, 3.05) is 11.4 Å². The summed E-state index contributed by atoms with van der Waals surface area (Å²) in [6, 6.07) is 9.33. The molecule has 2 aliphatic rings. The number of nitrogens with zero attached hydrogens (tertiary/aromatic N) is 1. The van der Waals surface area contributed by atoms with Gasteiger partial charge in [-0.25, -0.2) is 0 Å². The Hall–Kier alpha value is -1.02. The molecule has 0 bridgehead atoms. The first kappa shape index (κ1) is 13.9. The Bertz CT molecular complexity index is 458. The predicted octanol–water partition coefficient (Wildman–Crippen LogP) is 3.62. The summed E-state index contributed by atoms with van der Waals surface area (Å²) in [4.78, 5) is 2.53. The number of anilines is 1. The molecular weight excluding hydrogens is 246 g/mol. The van der Waals surface area contributed by atoms with Crippen molar-refractivity contribution in [1.29, 1.82) is 0 Å². The van der Waals surface area contributed by atoms with Crippen LogP contribution in [0.15, 0.2) is 24.3 Å². The Balaban J connectivity index is 1.73. The molecule has 1 fully saturated rings. The number of para-hydroxylation sites is 1. The second-order valence-corrected chi connectivity index (χ2v) is 6.75. The summed E-state index contributed by atoms with van der Waals surface area (Å²) in [5, 5.41) is 10.4. The lowest BCUT2D eigenvalue weighted by molar-refractivity contribution is 0.0501. The molecule has 2 nitrogen and oxygen atoms in total. The number of benzene rings is 1. The third-order valence-corrected chi connectivity index (χ3v) is 5.41. The van der Waals surface area contributed by atoms with Crippen molar-refractivity contribution < 1.29 is 5.11 Å². The van der Waals surface area contributed by atoms with E-state index in [4.69, 9.17) is 0 Å². The minimum atomic E-state index is -0.0993. The molecule has 20 heavy (non-hydrogen) atoms. The Morgan fingerprint density at radius 2 is 2.05 bits per heavy atom. The summed E-state index contributed by atoms with van der Waals surface area (Å²) >= 11 is 0. The first-order valence-electron chi connectivity index (χ1n) is 8.21. The van der Waals surface area contributed by atoms with Crippen LogP contribution in [-0.2, 0) is 6.42 Å². The van der Waals surface area contributed by atoms with E-state index in [1.807, 2.05) is 0 Å². The zero-order valence-corrected chi connectivity index (χ0v) is 12.8. The molecule has 4 atom stereocenters. The van der Waals surface area contributed by atoms with Crippen molar-refractivity contribution in [3.05, 3.63) is 29.8 Å². The van der Waals surface area contributed by atoms with Gasteiger partial charge in [-0.2, -0.15) is 0 Å². The Kier molecular flexibility index (Phi) is 4.02. The van der Waals surface area contributed by atoms with Gasteiger partial charge < -0.3 is 10.0 Å². The van der Waals surface area contributed by atoms with Gasteiger partial charge in [0.05, 0.1) is 6.10 Å². The quantitative estimate of drug-likeness (QED) is 0.909. The topological polar surface area (TPSA) is 23.5 Å². The Morgan fingerprint density at radius 3 is 2.85 bits per heavy atom. The highest BCUT2D eigenvalue weighted by Gasteiger charge is 2.33. The fourth-order valence-corrected chi connectivity index (χ4v) is 4.07. The van der Waals surface area contributed by atoms with Crippen LogP contribution in [0.2, 0.25) is 0 Å². The summed E-state index contributed by atoms with van der Waals surface area (Å²) in [7, 11) is 0. The largest absolute Gasteiger partial charge is 0.393 e.